The molecule has 9 rings (SSSR count). The second-order valence-electron chi connectivity index (χ2n) is 12.5. The molecule has 0 unspecified atom stereocenters. The van der Waals surface area contributed by atoms with Crippen LogP contribution in [0, 0.1) is 0 Å². The monoisotopic (exact) mass is 637 g/mol. The molecule has 50 heavy (non-hydrogen) atoms. The summed E-state index contributed by atoms with van der Waals surface area (Å²) in [6, 6.07) is 62.0. The molecule has 0 bridgehead atoms. The van der Waals surface area contributed by atoms with Crippen LogP contribution in [0.25, 0.3) is 88.8 Å². The van der Waals surface area contributed by atoms with Crippen molar-refractivity contribution in [1.82, 2.24) is 15.0 Å². The third-order valence-corrected chi connectivity index (χ3v) is 9.43. The molecule has 0 saturated carbocycles. The van der Waals surface area contributed by atoms with Crippen molar-refractivity contribution in [3.8, 4) is 67.3 Å². The maximum Gasteiger partial charge on any atom is 0.160 e. The van der Waals surface area contributed by atoms with Crippen LogP contribution in [0.4, 0.5) is 0 Å². The summed E-state index contributed by atoms with van der Waals surface area (Å²) in [5, 5.41) is 4.83. The van der Waals surface area contributed by atoms with Gasteiger partial charge in [-0.2, -0.15) is 0 Å². The van der Waals surface area contributed by atoms with E-state index in [1.54, 1.807) is 6.20 Å². The SMILES string of the molecule is c1cncc(-c2ccc(-c3ccc(-c4cc(-c5cccc6ccccc56)nc(-c5ccc(-c6cccc7ccccc67)cc5)n4)cc3)cc2)c1. The van der Waals surface area contributed by atoms with Gasteiger partial charge in [0.05, 0.1) is 11.4 Å². The van der Waals surface area contributed by atoms with Crippen molar-refractivity contribution >= 4 is 21.5 Å². The Balaban J connectivity index is 1.11. The normalized spacial score (nSPS) is 11.2. The zero-order valence-corrected chi connectivity index (χ0v) is 27.2. The van der Waals surface area contributed by atoms with E-state index in [0.29, 0.717) is 5.82 Å². The average molecular weight is 638 g/mol. The van der Waals surface area contributed by atoms with E-state index in [1.165, 1.54) is 32.7 Å². The van der Waals surface area contributed by atoms with Crippen LogP contribution in [0.2, 0.25) is 0 Å². The number of pyridine rings is 1. The van der Waals surface area contributed by atoms with Gasteiger partial charge in [0, 0.05) is 29.1 Å². The van der Waals surface area contributed by atoms with Crippen LogP contribution >= 0.6 is 0 Å². The number of rotatable bonds is 6. The summed E-state index contributed by atoms with van der Waals surface area (Å²) in [5.74, 6) is 0.699. The fourth-order valence-corrected chi connectivity index (χ4v) is 6.81. The molecule has 0 spiro atoms. The molecule has 0 atom stereocenters. The van der Waals surface area contributed by atoms with E-state index in [4.69, 9.17) is 9.97 Å². The highest BCUT2D eigenvalue weighted by molar-refractivity contribution is 5.98. The summed E-state index contributed by atoms with van der Waals surface area (Å²) in [6.45, 7) is 0. The molecule has 0 aliphatic heterocycles. The van der Waals surface area contributed by atoms with Crippen molar-refractivity contribution in [3.63, 3.8) is 0 Å². The first-order chi connectivity index (χ1) is 24.8. The van der Waals surface area contributed by atoms with Crippen LogP contribution in [-0.2, 0) is 0 Å². The minimum absolute atomic E-state index is 0.699. The Labute approximate surface area is 291 Å². The Morgan fingerprint density at radius 2 is 0.820 bits per heavy atom. The van der Waals surface area contributed by atoms with E-state index in [-0.39, 0.29) is 0 Å². The van der Waals surface area contributed by atoms with Crippen LogP contribution in [-0.4, -0.2) is 15.0 Å². The molecule has 0 saturated heterocycles. The zero-order chi connectivity index (χ0) is 33.3. The van der Waals surface area contributed by atoms with Gasteiger partial charge in [0.1, 0.15) is 0 Å². The van der Waals surface area contributed by atoms with Gasteiger partial charge in [-0.25, -0.2) is 9.97 Å². The van der Waals surface area contributed by atoms with Gasteiger partial charge < -0.3 is 0 Å². The number of fused-ring (bicyclic) bond motifs is 2. The molecular weight excluding hydrogens is 607 g/mol. The number of hydrogen-bond acceptors (Lipinski definition) is 3. The molecule has 0 aliphatic carbocycles. The lowest BCUT2D eigenvalue weighted by molar-refractivity contribution is 1.18. The van der Waals surface area contributed by atoms with Crippen LogP contribution < -0.4 is 0 Å². The van der Waals surface area contributed by atoms with Crippen molar-refractivity contribution in [1.29, 1.82) is 0 Å². The van der Waals surface area contributed by atoms with Crippen LogP contribution in [0.3, 0.4) is 0 Å². The fourth-order valence-electron chi connectivity index (χ4n) is 6.81. The first-order valence-corrected chi connectivity index (χ1v) is 16.8. The van der Waals surface area contributed by atoms with Crippen LogP contribution in [0.5, 0.6) is 0 Å². The first kappa shape index (κ1) is 29.4. The predicted molar refractivity (Wildman–Crippen MR) is 207 cm³/mol. The molecule has 0 fully saturated rings. The number of nitrogens with zero attached hydrogens (tertiary/aromatic N) is 3. The Kier molecular flexibility index (Phi) is 7.49. The molecule has 0 amide bonds. The standard InChI is InChI=1S/C47H31N3/c1-3-13-41-35(8-1)10-5-15-42(41)37-23-27-39(28-24-37)47-49-45(30-46(50-47)44-16-6-11-36-9-2-4-14-43(36)44)38-25-21-33(22-26-38)32-17-19-34(20-18-32)40-12-7-29-48-31-40/h1-31H. The molecule has 2 heterocycles. The second kappa shape index (κ2) is 12.7. The van der Waals surface area contributed by atoms with E-state index in [0.717, 1.165) is 50.3 Å². The third-order valence-electron chi connectivity index (χ3n) is 9.43. The largest absolute Gasteiger partial charge is 0.264 e. The number of aromatic nitrogens is 3. The number of benzene rings is 7. The lowest BCUT2D eigenvalue weighted by Gasteiger charge is -2.12. The zero-order valence-electron chi connectivity index (χ0n) is 27.2. The maximum atomic E-state index is 5.18. The van der Waals surface area contributed by atoms with Gasteiger partial charge in [-0.3, -0.25) is 4.98 Å². The maximum absolute atomic E-state index is 5.18. The third kappa shape index (κ3) is 5.61. The Bertz CT molecular complexity index is 2600. The highest BCUT2D eigenvalue weighted by Crippen LogP contribution is 2.34. The van der Waals surface area contributed by atoms with E-state index in [1.807, 2.05) is 12.3 Å². The molecule has 3 heteroatoms. The second-order valence-corrected chi connectivity index (χ2v) is 12.5. The minimum atomic E-state index is 0.699. The molecule has 9 aromatic rings. The highest BCUT2D eigenvalue weighted by Gasteiger charge is 2.14. The van der Waals surface area contributed by atoms with Gasteiger partial charge in [-0.15, -0.1) is 0 Å². The summed E-state index contributed by atoms with van der Waals surface area (Å²) in [6.07, 6.45) is 3.69. The van der Waals surface area contributed by atoms with Gasteiger partial charge in [-0.1, -0.05) is 164 Å². The molecule has 3 nitrogen and oxygen atoms in total. The van der Waals surface area contributed by atoms with Crippen molar-refractivity contribution in [2.45, 2.75) is 0 Å². The predicted octanol–water partition coefficient (Wildman–Crippen LogP) is 12.2. The first-order valence-electron chi connectivity index (χ1n) is 16.8. The topological polar surface area (TPSA) is 38.7 Å². The summed E-state index contributed by atoms with van der Waals surface area (Å²) in [4.78, 5) is 14.6. The van der Waals surface area contributed by atoms with Gasteiger partial charge in [0.2, 0.25) is 0 Å². The van der Waals surface area contributed by atoms with Crippen LogP contribution in [0.15, 0.2) is 188 Å². The molecule has 234 valence electrons. The van der Waals surface area contributed by atoms with Gasteiger partial charge in [0.25, 0.3) is 0 Å². The Morgan fingerprint density at radius 3 is 1.46 bits per heavy atom. The van der Waals surface area contributed by atoms with Gasteiger partial charge >= 0.3 is 0 Å². The van der Waals surface area contributed by atoms with Crippen molar-refractivity contribution in [2.75, 3.05) is 0 Å². The van der Waals surface area contributed by atoms with Crippen molar-refractivity contribution in [2.24, 2.45) is 0 Å². The van der Waals surface area contributed by atoms with Gasteiger partial charge in [-0.05, 0) is 67.1 Å². The number of hydrogen-bond donors (Lipinski definition) is 0. The molecule has 7 aromatic carbocycles. The Hall–Kier alpha value is -6.71. The molecule has 2 aromatic heterocycles. The summed E-state index contributed by atoms with van der Waals surface area (Å²) >= 11 is 0. The minimum Gasteiger partial charge on any atom is -0.264 e. The fraction of sp³-hybridized carbons (Fsp3) is 0. The Morgan fingerprint density at radius 1 is 0.320 bits per heavy atom. The molecule has 0 N–H and O–H groups in total. The van der Waals surface area contributed by atoms with Crippen molar-refractivity contribution < 1.29 is 0 Å². The van der Waals surface area contributed by atoms with E-state index < -0.39 is 0 Å². The summed E-state index contributed by atoms with van der Waals surface area (Å²) in [5.41, 5.74) is 11.8. The lowest BCUT2D eigenvalue weighted by atomic mass is 9.97. The van der Waals surface area contributed by atoms with Gasteiger partial charge in [0.15, 0.2) is 5.82 Å². The molecular formula is C47H31N3. The highest BCUT2D eigenvalue weighted by atomic mass is 14.9. The van der Waals surface area contributed by atoms with Crippen molar-refractivity contribution in [3.05, 3.63) is 188 Å². The lowest BCUT2D eigenvalue weighted by Crippen LogP contribution is -1.96. The summed E-state index contributed by atoms with van der Waals surface area (Å²) < 4.78 is 0. The van der Waals surface area contributed by atoms with E-state index >= 15 is 0 Å². The average Bonchev–Trinajstić information content (AvgIpc) is 3.21. The smallest absolute Gasteiger partial charge is 0.160 e. The van der Waals surface area contributed by atoms with E-state index in [9.17, 15) is 0 Å². The van der Waals surface area contributed by atoms with E-state index in [2.05, 4.69) is 175 Å². The quantitative estimate of drug-likeness (QED) is 0.182. The van der Waals surface area contributed by atoms with Crippen LogP contribution in [0.1, 0.15) is 0 Å². The molecule has 0 radical (unpaired) electrons. The summed E-state index contributed by atoms with van der Waals surface area (Å²) in [7, 11) is 0. The molecule has 0 aliphatic rings.